The van der Waals surface area contributed by atoms with Crippen LogP contribution in [0.3, 0.4) is 0 Å². The van der Waals surface area contributed by atoms with Crippen molar-refractivity contribution in [3.05, 3.63) is 66.2 Å². The van der Waals surface area contributed by atoms with E-state index in [1.165, 1.54) is 68.5 Å². The fourth-order valence-electron chi connectivity index (χ4n) is 2.74. The van der Waals surface area contributed by atoms with Crippen LogP contribution in [-0.4, -0.2) is 17.0 Å². The van der Waals surface area contributed by atoms with E-state index < -0.39 is 11.9 Å². The summed E-state index contributed by atoms with van der Waals surface area (Å²) in [5.41, 5.74) is 0.308. The second-order valence-corrected chi connectivity index (χ2v) is 6.79. The molecule has 0 unspecified atom stereocenters. The minimum absolute atomic E-state index is 0.0695. The summed E-state index contributed by atoms with van der Waals surface area (Å²) in [6.07, 6.45) is 11.4. The van der Waals surface area contributed by atoms with E-state index in [9.17, 15) is 14.7 Å². The van der Waals surface area contributed by atoms with Crippen molar-refractivity contribution in [1.82, 2.24) is 0 Å². The van der Waals surface area contributed by atoms with Gasteiger partial charge in [-0.1, -0.05) is 51.2 Å². The first-order valence-electron chi connectivity index (χ1n) is 10.1. The highest BCUT2D eigenvalue weighted by Crippen LogP contribution is 2.21. The number of aromatic hydroxyl groups is 1. The van der Waals surface area contributed by atoms with Gasteiger partial charge in [-0.3, -0.25) is 0 Å². The normalized spacial score (nSPS) is 10.8. The zero-order chi connectivity index (χ0) is 20.9. The molecule has 0 aromatic heterocycles. The molecule has 0 spiro atoms. The zero-order valence-electron chi connectivity index (χ0n) is 16.8. The first kappa shape index (κ1) is 22.2. The number of hydrogen-bond acceptors (Lipinski definition) is 5. The molecule has 0 amide bonds. The number of rotatable bonds is 11. The lowest BCUT2D eigenvalue weighted by molar-refractivity contribution is -0.129. The predicted octanol–water partition coefficient (Wildman–Crippen LogP) is 5.82. The number of esters is 2. The summed E-state index contributed by atoms with van der Waals surface area (Å²) < 4.78 is 10.6. The number of unbranched alkanes of at least 4 members (excludes halogenated alkanes) is 6. The molecule has 29 heavy (non-hydrogen) atoms. The van der Waals surface area contributed by atoms with Crippen molar-refractivity contribution in [3.8, 4) is 17.2 Å². The molecule has 0 heterocycles. The molecule has 5 nitrogen and oxygen atoms in total. The SMILES string of the molecule is CCCCCCCC/C=C/C(=O)Oc1cccc(OC(=O)c2ccc(O)cc2)c1. The average Bonchev–Trinajstić information content (AvgIpc) is 2.70. The van der Waals surface area contributed by atoms with E-state index in [0.29, 0.717) is 11.3 Å². The summed E-state index contributed by atoms with van der Waals surface area (Å²) in [6.45, 7) is 2.20. The van der Waals surface area contributed by atoms with E-state index in [2.05, 4.69) is 6.92 Å². The van der Waals surface area contributed by atoms with Gasteiger partial charge in [0.2, 0.25) is 0 Å². The van der Waals surface area contributed by atoms with Crippen LogP contribution in [0.25, 0.3) is 0 Å². The second kappa shape index (κ2) is 12.4. The minimum atomic E-state index is -0.563. The molecule has 0 radical (unpaired) electrons. The number of allylic oxidation sites excluding steroid dienone is 1. The molecular formula is C24H28O5. The van der Waals surface area contributed by atoms with Gasteiger partial charge in [0.05, 0.1) is 5.56 Å². The molecule has 0 aliphatic rings. The zero-order valence-corrected chi connectivity index (χ0v) is 16.8. The highest BCUT2D eigenvalue weighted by molar-refractivity contribution is 5.91. The van der Waals surface area contributed by atoms with Crippen LogP contribution in [-0.2, 0) is 4.79 Å². The predicted molar refractivity (Wildman–Crippen MR) is 112 cm³/mol. The Morgan fingerprint density at radius 2 is 1.55 bits per heavy atom. The molecule has 2 aromatic rings. The smallest absolute Gasteiger partial charge is 0.343 e. The van der Waals surface area contributed by atoms with Gasteiger partial charge in [0.1, 0.15) is 17.2 Å². The molecule has 0 bridgehead atoms. The first-order valence-corrected chi connectivity index (χ1v) is 10.1. The standard InChI is InChI=1S/C24H28O5/c1-2-3-4-5-6-7-8-9-13-23(26)28-21-11-10-12-22(18-21)29-24(27)19-14-16-20(25)17-15-19/h9-18,25H,2-8H2,1H3/b13-9+. The molecule has 0 atom stereocenters. The van der Waals surface area contributed by atoms with Gasteiger partial charge in [0.25, 0.3) is 0 Å². The highest BCUT2D eigenvalue weighted by atomic mass is 16.5. The number of carbonyl (C=O) groups excluding carboxylic acids is 2. The molecule has 154 valence electrons. The minimum Gasteiger partial charge on any atom is -0.508 e. The maximum absolute atomic E-state index is 12.1. The van der Waals surface area contributed by atoms with E-state index in [-0.39, 0.29) is 11.5 Å². The molecule has 0 fully saturated rings. The summed E-state index contributed by atoms with van der Waals surface area (Å²) >= 11 is 0. The topological polar surface area (TPSA) is 72.8 Å². The Balaban J connectivity index is 1.78. The van der Waals surface area contributed by atoms with Crippen LogP contribution in [0.1, 0.15) is 62.2 Å². The summed E-state index contributed by atoms with van der Waals surface area (Å²) in [5, 5.41) is 9.28. The molecule has 0 saturated heterocycles. The molecule has 5 heteroatoms. The van der Waals surface area contributed by atoms with Crippen LogP contribution < -0.4 is 9.47 Å². The monoisotopic (exact) mass is 396 g/mol. The first-order chi connectivity index (χ1) is 14.1. The van der Waals surface area contributed by atoms with Crippen molar-refractivity contribution < 1.29 is 24.2 Å². The Labute approximate surface area is 172 Å². The van der Waals surface area contributed by atoms with Gasteiger partial charge in [0.15, 0.2) is 0 Å². The largest absolute Gasteiger partial charge is 0.508 e. The lowest BCUT2D eigenvalue weighted by Crippen LogP contribution is -2.08. The highest BCUT2D eigenvalue weighted by Gasteiger charge is 2.10. The lowest BCUT2D eigenvalue weighted by atomic mass is 10.1. The Morgan fingerprint density at radius 3 is 2.28 bits per heavy atom. The maximum Gasteiger partial charge on any atom is 0.343 e. The van der Waals surface area contributed by atoms with Crippen molar-refractivity contribution in [3.63, 3.8) is 0 Å². The Morgan fingerprint density at radius 1 is 0.897 bits per heavy atom. The number of carbonyl (C=O) groups is 2. The van der Waals surface area contributed by atoms with E-state index in [4.69, 9.17) is 9.47 Å². The maximum atomic E-state index is 12.1. The molecule has 0 aliphatic carbocycles. The summed E-state index contributed by atoms with van der Waals surface area (Å²) in [6, 6.07) is 12.1. The van der Waals surface area contributed by atoms with Crippen LogP contribution in [0.15, 0.2) is 60.7 Å². The average molecular weight is 396 g/mol. The van der Waals surface area contributed by atoms with Crippen LogP contribution in [0.5, 0.6) is 17.2 Å². The molecule has 2 aromatic carbocycles. The van der Waals surface area contributed by atoms with Gasteiger partial charge in [0, 0.05) is 12.1 Å². The van der Waals surface area contributed by atoms with Gasteiger partial charge < -0.3 is 14.6 Å². The summed E-state index contributed by atoms with van der Waals surface area (Å²) in [5.74, 6) is -0.384. The Kier molecular flexibility index (Phi) is 9.49. The number of benzene rings is 2. The number of phenolic OH excluding ortho intramolecular Hbond substituents is 1. The van der Waals surface area contributed by atoms with Crippen LogP contribution >= 0.6 is 0 Å². The Bertz CT molecular complexity index is 808. The number of hydrogen-bond donors (Lipinski definition) is 1. The van der Waals surface area contributed by atoms with Gasteiger partial charge in [-0.05, 0) is 49.2 Å². The van der Waals surface area contributed by atoms with Crippen LogP contribution in [0.2, 0.25) is 0 Å². The van der Waals surface area contributed by atoms with Gasteiger partial charge >= 0.3 is 11.9 Å². The molecule has 0 saturated carbocycles. The van der Waals surface area contributed by atoms with Crippen molar-refractivity contribution in [2.24, 2.45) is 0 Å². The second-order valence-electron chi connectivity index (χ2n) is 6.79. The van der Waals surface area contributed by atoms with Crippen LogP contribution in [0.4, 0.5) is 0 Å². The quantitative estimate of drug-likeness (QED) is 0.224. The fraction of sp³-hybridized carbons (Fsp3) is 0.333. The van der Waals surface area contributed by atoms with Gasteiger partial charge in [-0.25, -0.2) is 9.59 Å². The van der Waals surface area contributed by atoms with E-state index in [0.717, 1.165) is 12.8 Å². The van der Waals surface area contributed by atoms with Crippen molar-refractivity contribution in [2.45, 2.75) is 51.9 Å². The third-order valence-electron chi connectivity index (χ3n) is 4.32. The molecule has 2 rings (SSSR count). The van der Waals surface area contributed by atoms with E-state index in [1.54, 1.807) is 18.2 Å². The van der Waals surface area contributed by atoms with Crippen molar-refractivity contribution in [2.75, 3.05) is 0 Å². The summed E-state index contributed by atoms with van der Waals surface area (Å²) in [7, 11) is 0. The number of phenols is 1. The third-order valence-corrected chi connectivity index (χ3v) is 4.32. The lowest BCUT2D eigenvalue weighted by Gasteiger charge is -2.06. The third kappa shape index (κ3) is 8.64. The molecule has 1 N–H and O–H groups in total. The van der Waals surface area contributed by atoms with Crippen molar-refractivity contribution >= 4 is 11.9 Å². The van der Waals surface area contributed by atoms with Gasteiger partial charge in [-0.15, -0.1) is 0 Å². The van der Waals surface area contributed by atoms with Gasteiger partial charge in [-0.2, -0.15) is 0 Å². The fourth-order valence-corrected chi connectivity index (χ4v) is 2.74. The van der Waals surface area contributed by atoms with E-state index in [1.807, 2.05) is 6.08 Å². The molecule has 0 aliphatic heterocycles. The summed E-state index contributed by atoms with van der Waals surface area (Å²) in [4.78, 5) is 24.1. The number of ether oxygens (including phenoxy) is 2. The van der Waals surface area contributed by atoms with E-state index >= 15 is 0 Å². The Hall–Kier alpha value is -3.08. The molecular weight excluding hydrogens is 368 g/mol. The van der Waals surface area contributed by atoms with Crippen molar-refractivity contribution in [1.29, 1.82) is 0 Å². The van der Waals surface area contributed by atoms with Crippen LogP contribution in [0, 0.1) is 0 Å².